The Hall–Kier alpha value is -4.35. The van der Waals surface area contributed by atoms with Crippen molar-refractivity contribution in [3.63, 3.8) is 0 Å². The molecule has 202 valence electrons. The van der Waals surface area contributed by atoms with E-state index in [1.165, 1.54) is 40.1 Å². The van der Waals surface area contributed by atoms with Crippen LogP contribution in [-0.4, -0.2) is 52.3 Å². The number of ether oxygens (including phenoxy) is 1. The van der Waals surface area contributed by atoms with Crippen LogP contribution in [0.2, 0.25) is 0 Å². The minimum Gasteiger partial charge on any atom is -0.502 e. The molecule has 11 heteroatoms. The summed E-state index contributed by atoms with van der Waals surface area (Å²) in [7, 11) is 0. The highest BCUT2D eigenvalue weighted by Gasteiger charge is 2.46. The molecule has 0 radical (unpaired) electrons. The Bertz CT molecular complexity index is 1820. The predicted octanol–water partition coefficient (Wildman–Crippen LogP) is 4.28. The third-order valence-electron chi connectivity index (χ3n) is 7.71. The highest BCUT2D eigenvalue weighted by atomic mass is 32.1. The number of hydrogen-bond acceptors (Lipinski definition) is 7. The molecule has 8 nitrogen and oxygen atoms in total. The first-order valence-corrected chi connectivity index (χ1v) is 13.4. The quantitative estimate of drug-likeness (QED) is 0.368. The largest absolute Gasteiger partial charge is 0.502 e. The number of fused-ring (bicyclic) bond motifs is 7. The van der Waals surface area contributed by atoms with Crippen molar-refractivity contribution < 1.29 is 28.2 Å². The number of benzene rings is 2. The molecule has 0 spiro atoms. The van der Waals surface area contributed by atoms with E-state index in [2.05, 4.69) is 0 Å². The van der Waals surface area contributed by atoms with Gasteiger partial charge >= 0.3 is 0 Å². The van der Waals surface area contributed by atoms with E-state index in [9.17, 15) is 23.9 Å². The maximum atomic E-state index is 15.9. The summed E-state index contributed by atoms with van der Waals surface area (Å²) >= 11 is 1.20. The smallest absolute Gasteiger partial charge is 0.278 e. The maximum Gasteiger partial charge on any atom is 0.278 e. The van der Waals surface area contributed by atoms with Crippen LogP contribution < -0.4 is 10.4 Å². The number of aromatic nitrogens is 1. The summed E-state index contributed by atoms with van der Waals surface area (Å²) in [5.74, 6) is -3.51. The standard InChI is InChI=1S/C29H21F2N3O5S/c1-14(35)21-12-18-23-17(6-7-19(30)24(23)31)25(15-4-2-3-5-16(15)28(18)40-21)34-22-13-39-11-10-32(22)29(38)26-27(37)20(36)8-9-33(26)34/h2-9,12,22,25,37H,10-11,13H2,1H3/t22-,25?/m1/s1. The molecule has 1 unspecified atom stereocenters. The number of ketones is 1. The van der Waals surface area contributed by atoms with Crippen LogP contribution in [0.1, 0.15) is 44.3 Å². The van der Waals surface area contributed by atoms with Crippen molar-refractivity contribution in [2.24, 2.45) is 0 Å². The Morgan fingerprint density at radius 1 is 1.07 bits per heavy atom. The first-order chi connectivity index (χ1) is 19.3. The molecule has 2 aromatic heterocycles. The Morgan fingerprint density at radius 3 is 2.67 bits per heavy atom. The number of amides is 1. The SMILES string of the molecule is CC(=O)c1cc2c(s1)-c1ccccc1C(N1[C@@H]3COCCN3C(=O)c3c(O)c(=O)ccn31)c1ccc(F)c(F)c1-2. The van der Waals surface area contributed by atoms with Crippen LogP contribution in [0.4, 0.5) is 8.78 Å². The van der Waals surface area contributed by atoms with Crippen molar-refractivity contribution in [1.82, 2.24) is 9.58 Å². The summed E-state index contributed by atoms with van der Waals surface area (Å²) in [6.45, 7) is 2.00. The number of thiophene rings is 1. The lowest BCUT2D eigenvalue weighted by atomic mass is 9.91. The molecule has 4 aromatic rings. The number of hydrogen-bond donors (Lipinski definition) is 1. The first kappa shape index (κ1) is 24.7. The van der Waals surface area contributed by atoms with Crippen molar-refractivity contribution in [2.75, 3.05) is 24.8 Å². The molecule has 4 heterocycles. The van der Waals surface area contributed by atoms with Gasteiger partial charge in [-0.1, -0.05) is 30.3 Å². The number of Topliss-reactive ketones (excluding diaryl/α,β-unsaturated/α-hetero) is 1. The lowest BCUT2D eigenvalue weighted by Crippen LogP contribution is -2.66. The Morgan fingerprint density at radius 2 is 1.88 bits per heavy atom. The number of halogens is 2. The molecule has 3 aliphatic rings. The zero-order chi connectivity index (χ0) is 27.9. The minimum absolute atomic E-state index is 0.00643. The number of carbonyl (C=O) groups is 2. The molecule has 0 saturated carbocycles. The lowest BCUT2D eigenvalue weighted by Gasteiger charge is -2.51. The molecule has 1 fully saturated rings. The van der Waals surface area contributed by atoms with Gasteiger partial charge in [-0.25, -0.2) is 8.78 Å². The van der Waals surface area contributed by atoms with Gasteiger partial charge in [-0.2, -0.15) is 0 Å². The minimum atomic E-state index is -1.06. The summed E-state index contributed by atoms with van der Waals surface area (Å²) < 4.78 is 37.9. The molecule has 7 rings (SSSR count). The molecular formula is C29H21F2N3O5S. The van der Waals surface area contributed by atoms with Crippen molar-refractivity contribution >= 4 is 23.0 Å². The highest BCUT2D eigenvalue weighted by Crippen LogP contribution is 2.52. The Balaban J connectivity index is 1.59. The fourth-order valence-electron chi connectivity index (χ4n) is 5.94. The van der Waals surface area contributed by atoms with E-state index >= 15 is 4.39 Å². The van der Waals surface area contributed by atoms with E-state index in [4.69, 9.17) is 4.74 Å². The monoisotopic (exact) mass is 561 g/mol. The summed E-state index contributed by atoms with van der Waals surface area (Å²) in [4.78, 5) is 40.9. The van der Waals surface area contributed by atoms with Crippen LogP contribution in [0.5, 0.6) is 5.75 Å². The number of morpholine rings is 1. The molecule has 0 bridgehead atoms. The van der Waals surface area contributed by atoms with Gasteiger partial charge in [0.15, 0.2) is 28.9 Å². The second kappa shape index (κ2) is 8.83. The average molecular weight is 562 g/mol. The van der Waals surface area contributed by atoms with Gasteiger partial charge in [0.05, 0.1) is 24.1 Å². The third-order valence-corrected chi connectivity index (χ3v) is 8.98. The van der Waals surface area contributed by atoms with Crippen molar-refractivity contribution in [1.29, 1.82) is 0 Å². The fraction of sp³-hybridized carbons (Fsp3) is 0.207. The highest BCUT2D eigenvalue weighted by molar-refractivity contribution is 7.18. The molecule has 40 heavy (non-hydrogen) atoms. The number of rotatable bonds is 2. The van der Waals surface area contributed by atoms with Crippen LogP contribution >= 0.6 is 11.3 Å². The fourth-order valence-corrected chi connectivity index (χ4v) is 7.05. The third kappa shape index (κ3) is 3.34. The summed E-state index contributed by atoms with van der Waals surface area (Å²) in [5.41, 5.74) is 1.28. The number of pyridine rings is 1. The van der Waals surface area contributed by atoms with Gasteiger partial charge in [-0.3, -0.25) is 24.1 Å². The van der Waals surface area contributed by atoms with E-state index < -0.39 is 40.9 Å². The molecule has 1 N–H and O–H groups in total. The number of nitrogens with zero attached hydrogens (tertiary/aromatic N) is 3. The van der Waals surface area contributed by atoms with Crippen LogP contribution in [0.25, 0.3) is 21.6 Å². The second-order valence-corrected chi connectivity index (χ2v) is 10.9. The summed E-state index contributed by atoms with van der Waals surface area (Å²) in [6, 6.07) is 11.9. The molecule has 1 saturated heterocycles. The zero-order valence-electron chi connectivity index (χ0n) is 21.1. The van der Waals surface area contributed by atoms with Crippen LogP contribution in [0.3, 0.4) is 0 Å². The van der Waals surface area contributed by atoms with Crippen molar-refractivity contribution in [3.8, 4) is 27.3 Å². The van der Waals surface area contributed by atoms with Crippen molar-refractivity contribution in [2.45, 2.75) is 19.1 Å². The van der Waals surface area contributed by atoms with Gasteiger partial charge in [0.2, 0.25) is 5.43 Å². The summed E-state index contributed by atoms with van der Waals surface area (Å²) in [5, 5.41) is 12.5. The second-order valence-electron chi connectivity index (χ2n) is 9.88. The molecule has 2 aromatic carbocycles. The number of carbonyl (C=O) groups excluding carboxylic acids is 2. The molecule has 2 atom stereocenters. The van der Waals surface area contributed by atoms with Gasteiger partial charge in [0.1, 0.15) is 6.17 Å². The van der Waals surface area contributed by atoms with Crippen LogP contribution in [-0.2, 0) is 4.74 Å². The summed E-state index contributed by atoms with van der Waals surface area (Å²) in [6.07, 6.45) is 0.705. The Labute approximate surface area is 230 Å². The molecule has 1 aliphatic carbocycles. The predicted molar refractivity (Wildman–Crippen MR) is 143 cm³/mol. The topological polar surface area (TPSA) is 92.1 Å². The normalized spacial score (nSPS) is 19.2. The van der Waals surface area contributed by atoms with Crippen LogP contribution in [0, 0.1) is 11.6 Å². The van der Waals surface area contributed by atoms with E-state index in [1.54, 1.807) is 11.1 Å². The first-order valence-electron chi connectivity index (χ1n) is 12.6. The molecule has 2 aliphatic heterocycles. The van der Waals surface area contributed by atoms with E-state index in [1.807, 2.05) is 24.3 Å². The van der Waals surface area contributed by atoms with Gasteiger partial charge in [0, 0.05) is 34.8 Å². The molecule has 1 amide bonds. The van der Waals surface area contributed by atoms with Gasteiger partial charge in [0.25, 0.3) is 5.91 Å². The average Bonchev–Trinajstić information content (AvgIpc) is 3.35. The van der Waals surface area contributed by atoms with E-state index in [0.29, 0.717) is 32.0 Å². The van der Waals surface area contributed by atoms with E-state index in [0.717, 1.165) is 12.1 Å². The Kier molecular flexibility index (Phi) is 5.45. The number of aromatic hydroxyl groups is 1. The van der Waals surface area contributed by atoms with Gasteiger partial charge in [-0.05, 0) is 35.7 Å². The molecular weight excluding hydrogens is 540 g/mol. The zero-order valence-corrected chi connectivity index (χ0v) is 21.9. The van der Waals surface area contributed by atoms with Gasteiger partial charge in [-0.15, -0.1) is 11.3 Å². The van der Waals surface area contributed by atoms with E-state index in [-0.39, 0.29) is 36.8 Å². The van der Waals surface area contributed by atoms with Gasteiger partial charge < -0.3 is 14.7 Å². The van der Waals surface area contributed by atoms with Crippen molar-refractivity contribution in [3.05, 3.63) is 98.3 Å². The maximum absolute atomic E-state index is 15.9. The van der Waals surface area contributed by atoms with Crippen LogP contribution in [0.15, 0.2) is 59.5 Å². The lowest BCUT2D eigenvalue weighted by molar-refractivity contribution is -0.0196.